The van der Waals surface area contributed by atoms with Crippen LogP contribution in [0.15, 0.2) is 16.7 Å². The SMILES string of the molecule is CCOC(=O)/C=C/CNC(C)c1c(C)noc1C. The Morgan fingerprint density at radius 3 is 2.83 bits per heavy atom. The number of carbonyl (C=O) groups is 1. The van der Waals surface area contributed by atoms with E-state index in [1.165, 1.54) is 6.08 Å². The van der Waals surface area contributed by atoms with Gasteiger partial charge in [0.2, 0.25) is 0 Å². The number of hydrogen-bond acceptors (Lipinski definition) is 5. The van der Waals surface area contributed by atoms with Crippen LogP contribution >= 0.6 is 0 Å². The van der Waals surface area contributed by atoms with Crippen LogP contribution in [0.3, 0.4) is 0 Å². The summed E-state index contributed by atoms with van der Waals surface area (Å²) in [6.07, 6.45) is 3.17. The summed E-state index contributed by atoms with van der Waals surface area (Å²) in [5, 5.41) is 7.18. The summed E-state index contributed by atoms with van der Waals surface area (Å²) in [4.78, 5) is 11.1. The molecule has 1 N–H and O–H groups in total. The fourth-order valence-corrected chi connectivity index (χ4v) is 1.80. The number of nitrogens with zero attached hydrogens (tertiary/aromatic N) is 1. The third-order valence-corrected chi connectivity index (χ3v) is 2.60. The minimum atomic E-state index is -0.315. The normalized spacial score (nSPS) is 12.9. The molecule has 100 valence electrons. The first-order chi connectivity index (χ1) is 8.56. The van der Waals surface area contributed by atoms with Crippen LogP contribution in [0.25, 0.3) is 0 Å². The monoisotopic (exact) mass is 252 g/mol. The minimum absolute atomic E-state index is 0.128. The van der Waals surface area contributed by atoms with Crippen molar-refractivity contribution in [3.63, 3.8) is 0 Å². The molecule has 0 saturated heterocycles. The zero-order valence-corrected chi connectivity index (χ0v) is 11.3. The minimum Gasteiger partial charge on any atom is -0.463 e. The largest absolute Gasteiger partial charge is 0.463 e. The van der Waals surface area contributed by atoms with E-state index in [9.17, 15) is 4.79 Å². The topological polar surface area (TPSA) is 64.4 Å². The highest BCUT2D eigenvalue weighted by Crippen LogP contribution is 2.20. The number of esters is 1. The lowest BCUT2D eigenvalue weighted by molar-refractivity contribution is -0.137. The van der Waals surface area contributed by atoms with Gasteiger partial charge in [-0.05, 0) is 27.7 Å². The second-order valence-electron chi connectivity index (χ2n) is 4.02. The Morgan fingerprint density at radius 1 is 1.56 bits per heavy atom. The molecule has 0 aliphatic rings. The van der Waals surface area contributed by atoms with Crippen LogP contribution in [0.4, 0.5) is 0 Å². The van der Waals surface area contributed by atoms with Crippen molar-refractivity contribution in [3.8, 4) is 0 Å². The molecule has 0 aliphatic carbocycles. The summed E-state index contributed by atoms with van der Waals surface area (Å²) in [5.41, 5.74) is 1.96. The van der Waals surface area contributed by atoms with Gasteiger partial charge >= 0.3 is 5.97 Å². The summed E-state index contributed by atoms with van der Waals surface area (Å²) in [6, 6.07) is 0.128. The fourth-order valence-electron chi connectivity index (χ4n) is 1.80. The highest BCUT2D eigenvalue weighted by Gasteiger charge is 2.14. The maximum Gasteiger partial charge on any atom is 0.330 e. The van der Waals surface area contributed by atoms with Gasteiger partial charge in [0.15, 0.2) is 0 Å². The Bertz CT molecular complexity index is 404. The number of carbonyl (C=O) groups excluding carboxylic acids is 1. The second-order valence-corrected chi connectivity index (χ2v) is 4.02. The lowest BCUT2D eigenvalue weighted by Gasteiger charge is -2.11. The number of ether oxygens (including phenoxy) is 1. The number of aromatic nitrogens is 1. The van der Waals surface area contributed by atoms with E-state index in [4.69, 9.17) is 9.26 Å². The van der Waals surface area contributed by atoms with Crippen LogP contribution in [0.1, 0.15) is 36.9 Å². The molecule has 5 heteroatoms. The van der Waals surface area contributed by atoms with Gasteiger partial charge in [0.25, 0.3) is 0 Å². The lowest BCUT2D eigenvalue weighted by atomic mass is 10.1. The predicted octanol–water partition coefficient (Wildman–Crippen LogP) is 2.06. The van der Waals surface area contributed by atoms with Gasteiger partial charge in [-0.2, -0.15) is 0 Å². The van der Waals surface area contributed by atoms with Crippen LogP contribution in [-0.2, 0) is 9.53 Å². The van der Waals surface area contributed by atoms with Crippen molar-refractivity contribution in [2.75, 3.05) is 13.2 Å². The van der Waals surface area contributed by atoms with Gasteiger partial charge in [-0.3, -0.25) is 0 Å². The fraction of sp³-hybridized carbons (Fsp3) is 0.538. The Hall–Kier alpha value is -1.62. The molecule has 1 atom stereocenters. The molecule has 0 aliphatic heterocycles. The van der Waals surface area contributed by atoms with E-state index in [0.29, 0.717) is 13.2 Å². The molecular formula is C13H20N2O3. The molecule has 5 nitrogen and oxygen atoms in total. The third kappa shape index (κ3) is 4.00. The van der Waals surface area contributed by atoms with Crippen LogP contribution < -0.4 is 5.32 Å². The van der Waals surface area contributed by atoms with Gasteiger partial charge in [-0.1, -0.05) is 11.2 Å². The first-order valence-electron chi connectivity index (χ1n) is 6.05. The summed E-state index contributed by atoms with van der Waals surface area (Å²) >= 11 is 0. The van der Waals surface area contributed by atoms with E-state index in [1.807, 2.05) is 20.8 Å². The van der Waals surface area contributed by atoms with E-state index in [-0.39, 0.29) is 12.0 Å². The van der Waals surface area contributed by atoms with Crippen molar-refractivity contribution >= 4 is 5.97 Å². The zero-order chi connectivity index (χ0) is 13.5. The quantitative estimate of drug-likeness (QED) is 0.620. The molecule has 0 bridgehead atoms. The summed E-state index contributed by atoms with van der Waals surface area (Å²) in [7, 11) is 0. The summed E-state index contributed by atoms with van der Waals surface area (Å²) in [6.45, 7) is 8.60. The molecule has 1 aromatic rings. The summed E-state index contributed by atoms with van der Waals surface area (Å²) in [5.74, 6) is 0.506. The molecule has 1 rings (SSSR count). The summed E-state index contributed by atoms with van der Waals surface area (Å²) < 4.78 is 9.89. The first-order valence-corrected chi connectivity index (χ1v) is 6.05. The van der Waals surface area contributed by atoms with Gasteiger partial charge in [-0.15, -0.1) is 0 Å². The van der Waals surface area contributed by atoms with E-state index >= 15 is 0 Å². The van der Waals surface area contributed by atoms with E-state index in [1.54, 1.807) is 13.0 Å². The van der Waals surface area contributed by atoms with Gasteiger partial charge in [-0.25, -0.2) is 4.79 Å². The molecule has 0 saturated carbocycles. The van der Waals surface area contributed by atoms with Gasteiger partial charge < -0.3 is 14.6 Å². The zero-order valence-electron chi connectivity index (χ0n) is 11.3. The molecule has 0 radical (unpaired) electrons. The van der Waals surface area contributed by atoms with E-state index < -0.39 is 0 Å². The van der Waals surface area contributed by atoms with Crippen molar-refractivity contribution in [1.29, 1.82) is 0 Å². The van der Waals surface area contributed by atoms with Crippen molar-refractivity contribution in [3.05, 3.63) is 29.2 Å². The number of hydrogen-bond donors (Lipinski definition) is 1. The standard InChI is InChI=1S/C13H20N2O3/c1-5-17-12(16)7-6-8-14-9(2)13-10(3)15-18-11(13)4/h6-7,9,14H,5,8H2,1-4H3/b7-6+. The molecule has 18 heavy (non-hydrogen) atoms. The highest BCUT2D eigenvalue weighted by molar-refractivity contribution is 5.81. The number of aryl methyl sites for hydroxylation is 2. The number of nitrogens with one attached hydrogen (secondary N) is 1. The van der Waals surface area contributed by atoms with Crippen molar-refractivity contribution in [2.45, 2.75) is 33.7 Å². The average Bonchev–Trinajstić information content (AvgIpc) is 2.65. The van der Waals surface area contributed by atoms with E-state index in [0.717, 1.165) is 17.0 Å². The van der Waals surface area contributed by atoms with Crippen LogP contribution in [0, 0.1) is 13.8 Å². The van der Waals surface area contributed by atoms with Gasteiger partial charge in [0.05, 0.1) is 12.3 Å². The average molecular weight is 252 g/mol. The molecule has 1 unspecified atom stereocenters. The smallest absolute Gasteiger partial charge is 0.330 e. The Labute approximate surface area is 107 Å². The molecule has 0 aromatic carbocycles. The van der Waals surface area contributed by atoms with Crippen molar-refractivity contribution < 1.29 is 14.1 Å². The predicted molar refractivity (Wildman–Crippen MR) is 68.2 cm³/mol. The molecule has 0 spiro atoms. The van der Waals surface area contributed by atoms with E-state index in [2.05, 4.69) is 10.5 Å². The molecule has 1 aromatic heterocycles. The van der Waals surface area contributed by atoms with Gasteiger partial charge in [0.1, 0.15) is 5.76 Å². The lowest BCUT2D eigenvalue weighted by Crippen LogP contribution is -2.19. The van der Waals surface area contributed by atoms with Crippen molar-refractivity contribution in [2.24, 2.45) is 0 Å². The molecule has 0 amide bonds. The third-order valence-electron chi connectivity index (χ3n) is 2.60. The highest BCUT2D eigenvalue weighted by atomic mass is 16.5. The molecule has 1 heterocycles. The maximum atomic E-state index is 11.1. The van der Waals surface area contributed by atoms with Crippen LogP contribution in [-0.4, -0.2) is 24.3 Å². The molecular weight excluding hydrogens is 232 g/mol. The Balaban J connectivity index is 2.43. The Kier molecular flexibility index (Phi) is 5.58. The first kappa shape index (κ1) is 14.4. The van der Waals surface area contributed by atoms with Crippen LogP contribution in [0.2, 0.25) is 0 Å². The van der Waals surface area contributed by atoms with Gasteiger partial charge in [0, 0.05) is 24.2 Å². The van der Waals surface area contributed by atoms with Crippen molar-refractivity contribution in [1.82, 2.24) is 10.5 Å². The van der Waals surface area contributed by atoms with Crippen LogP contribution in [0.5, 0.6) is 0 Å². The molecule has 0 fully saturated rings. The maximum absolute atomic E-state index is 11.1. The second kappa shape index (κ2) is 6.96. The Morgan fingerprint density at radius 2 is 2.28 bits per heavy atom. The number of rotatable bonds is 6.